The average Bonchev–Trinajstić information content (AvgIpc) is 3.87. The Morgan fingerprint density at radius 3 is 2.51 bits per heavy atom. The van der Waals surface area contributed by atoms with E-state index in [1.54, 1.807) is 12.4 Å². The summed E-state index contributed by atoms with van der Waals surface area (Å²) in [6, 6.07) is 20.2. The monoisotopic (exact) mass is 736 g/mol. The number of ether oxygens (including phenoxy) is 3. The summed E-state index contributed by atoms with van der Waals surface area (Å²) in [6.07, 6.45) is 7.26. The molecule has 0 unspecified atom stereocenters. The van der Waals surface area contributed by atoms with E-state index in [4.69, 9.17) is 24.2 Å². The molecule has 0 spiro atoms. The summed E-state index contributed by atoms with van der Waals surface area (Å²) in [7, 11) is 1.83. The Kier molecular flexibility index (Phi) is 9.35. The van der Waals surface area contributed by atoms with Gasteiger partial charge < -0.3 is 45.0 Å². The van der Waals surface area contributed by atoms with Crippen molar-refractivity contribution in [1.29, 1.82) is 0 Å². The number of aromatic nitrogens is 8. The number of pyridine rings is 2. The molecule has 1 aliphatic heterocycles. The molecular formula is C40H40N12O3. The molecule has 1 atom stereocenters. The lowest BCUT2D eigenvalue weighted by atomic mass is 10.1. The highest BCUT2D eigenvalue weighted by Crippen LogP contribution is 2.31. The fourth-order valence-corrected chi connectivity index (χ4v) is 6.91. The topological polar surface area (TPSA) is 176 Å². The normalized spacial score (nSPS) is 14.6. The van der Waals surface area contributed by atoms with Crippen LogP contribution in [-0.4, -0.2) is 86.1 Å². The number of rotatable bonds is 13. The third-order valence-electron chi connectivity index (χ3n) is 9.75. The second-order valence-electron chi connectivity index (χ2n) is 13.4. The number of aromatic amines is 2. The lowest BCUT2D eigenvalue weighted by Crippen LogP contribution is -2.45. The number of aryl methyl sites for hydroxylation is 1. The van der Waals surface area contributed by atoms with Crippen LogP contribution in [0.15, 0.2) is 85.5 Å². The fraction of sp³-hybridized carbons (Fsp3) is 0.250. The van der Waals surface area contributed by atoms with Gasteiger partial charge in [-0.25, -0.2) is 29.9 Å². The van der Waals surface area contributed by atoms with Crippen molar-refractivity contribution >= 4 is 67.4 Å². The van der Waals surface area contributed by atoms with Gasteiger partial charge in [-0.1, -0.05) is 18.2 Å². The Bertz CT molecular complexity index is 2620. The molecule has 1 aliphatic rings. The molecule has 15 nitrogen and oxygen atoms in total. The maximum absolute atomic E-state index is 6.13. The first kappa shape index (κ1) is 34.2. The SMILES string of the molecule is CNc1ccc2ncc(NCc3ccc(OCOC[C@H]4CN(c5ccc6ncc(NCc7ccc8cc[nH]c8c7)nc6n5)CCO4)c4[nH]cc(C)c34)nc2n1. The highest BCUT2D eigenvalue weighted by molar-refractivity contribution is 5.91. The molecule has 6 aromatic heterocycles. The third-order valence-corrected chi connectivity index (χ3v) is 9.75. The summed E-state index contributed by atoms with van der Waals surface area (Å²) in [5, 5.41) is 12.1. The van der Waals surface area contributed by atoms with Gasteiger partial charge in [0, 0.05) is 56.5 Å². The van der Waals surface area contributed by atoms with Crippen molar-refractivity contribution in [3.05, 3.63) is 102 Å². The lowest BCUT2D eigenvalue weighted by molar-refractivity contribution is -0.0598. The first-order valence-electron chi connectivity index (χ1n) is 18.2. The number of nitrogens with one attached hydrogen (secondary N) is 5. The number of benzene rings is 2. The number of nitrogens with zero attached hydrogens (tertiary/aromatic N) is 7. The van der Waals surface area contributed by atoms with E-state index in [2.05, 4.69) is 88.0 Å². The molecule has 1 fully saturated rings. The summed E-state index contributed by atoms with van der Waals surface area (Å²) in [6.45, 7) is 5.61. The van der Waals surface area contributed by atoms with Gasteiger partial charge in [-0.2, -0.15) is 0 Å². The summed E-state index contributed by atoms with van der Waals surface area (Å²) in [4.78, 5) is 36.7. The summed E-state index contributed by atoms with van der Waals surface area (Å²) in [5.74, 6) is 3.60. The Morgan fingerprint density at radius 2 is 1.65 bits per heavy atom. The quantitative estimate of drug-likeness (QED) is 0.0673. The smallest absolute Gasteiger partial charge is 0.189 e. The second-order valence-corrected chi connectivity index (χ2v) is 13.4. The van der Waals surface area contributed by atoms with Crippen LogP contribution in [0.2, 0.25) is 0 Å². The van der Waals surface area contributed by atoms with Gasteiger partial charge in [0.05, 0.1) is 37.2 Å². The maximum atomic E-state index is 6.13. The number of hydrogen-bond acceptors (Lipinski definition) is 13. The number of hydrogen-bond donors (Lipinski definition) is 5. The van der Waals surface area contributed by atoms with Crippen LogP contribution in [-0.2, 0) is 22.6 Å². The number of morpholine rings is 1. The summed E-state index contributed by atoms with van der Waals surface area (Å²) >= 11 is 0. The van der Waals surface area contributed by atoms with Crippen molar-refractivity contribution in [3.8, 4) is 5.75 Å². The summed E-state index contributed by atoms with van der Waals surface area (Å²) in [5.41, 5.74) is 8.03. The van der Waals surface area contributed by atoms with Crippen LogP contribution in [0.25, 0.3) is 44.1 Å². The zero-order chi connectivity index (χ0) is 37.1. The predicted octanol–water partition coefficient (Wildman–Crippen LogP) is 6.16. The zero-order valence-electron chi connectivity index (χ0n) is 30.5. The van der Waals surface area contributed by atoms with Crippen LogP contribution >= 0.6 is 0 Å². The molecule has 0 aliphatic carbocycles. The maximum Gasteiger partial charge on any atom is 0.189 e. The molecule has 2 aromatic carbocycles. The molecule has 0 amide bonds. The fourth-order valence-electron chi connectivity index (χ4n) is 6.91. The van der Waals surface area contributed by atoms with Crippen LogP contribution in [0, 0.1) is 6.92 Å². The molecule has 9 rings (SSSR count). The van der Waals surface area contributed by atoms with Crippen LogP contribution < -0.4 is 25.6 Å². The number of H-pyrrole nitrogens is 2. The number of anilines is 4. The average molecular weight is 737 g/mol. The van der Waals surface area contributed by atoms with Crippen molar-refractivity contribution in [3.63, 3.8) is 0 Å². The highest BCUT2D eigenvalue weighted by Gasteiger charge is 2.23. The highest BCUT2D eigenvalue weighted by atomic mass is 16.7. The minimum Gasteiger partial charge on any atom is -0.465 e. The van der Waals surface area contributed by atoms with Gasteiger partial charge in [0.15, 0.2) is 18.1 Å². The van der Waals surface area contributed by atoms with Crippen LogP contribution in [0.5, 0.6) is 5.75 Å². The van der Waals surface area contributed by atoms with Crippen molar-refractivity contribution < 1.29 is 14.2 Å². The Morgan fingerprint density at radius 1 is 0.855 bits per heavy atom. The van der Waals surface area contributed by atoms with E-state index < -0.39 is 0 Å². The van der Waals surface area contributed by atoms with Gasteiger partial charge in [0.25, 0.3) is 0 Å². The molecule has 1 saturated heterocycles. The van der Waals surface area contributed by atoms with Gasteiger partial charge >= 0.3 is 0 Å². The Hall–Kier alpha value is -6.58. The minimum atomic E-state index is -0.148. The molecule has 0 radical (unpaired) electrons. The summed E-state index contributed by atoms with van der Waals surface area (Å²) < 4.78 is 18.2. The van der Waals surface area contributed by atoms with Crippen molar-refractivity contribution in [2.75, 3.05) is 61.0 Å². The first-order valence-corrected chi connectivity index (χ1v) is 18.2. The lowest BCUT2D eigenvalue weighted by Gasteiger charge is -2.33. The van der Waals surface area contributed by atoms with Crippen molar-refractivity contribution in [2.45, 2.75) is 26.1 Å². The Balaban J connectivity index is 0.791. The van der Waals surface area contributed by atoms with Crippen LogP contribution in [0.4, 0.5) is 23.3 Å². The molecule has 0 saturated carbocycles. The van der Waals surface area contributed by atoms with Crippen molar-refractivity contribution in [2.24, 2.45) is 0 Å². The van der Waals surface area contributed by atoms with E-state index in [-0.39, 0.29) is 12.9 Å². The predicted molar refractivity (Wildman–Crippen MR) is 214 cm³/mol. The standard InChI is InChI=1S/C40H40N12O3/c1-24-16-47-38-32(8-5-27(37(24)38)18-46-35-20-43-29-6-9-33(41-2)48-39(29)49-35)55-23-53-22-28-21-52(13-14-54-28)36-10-7-30-40(51-36)50-34(19-44-30)45-17-25-3-4-26-11-12-42-31(26)15-25/h3-12,15-16,19-20,28,42,47H,13-14,17-18,21-23H2,1-2H3,(H,45,50,51)(H2,41,46,48,49)/t28-/m1/s1. The molecule has 5 N–H and O–H groups in total. The molecule has 0 bridgehead atoms. The van der Waals surface area contributed by atoms with Gasteiger partial charge in [-0.15, -0.1) is 0 Å². The Labute approximate surface area is 315 Å². The van der Waals surface area contributed by atoms with E-state index in [1.807, 2.05) is 49.8 Å². The van der Waals surface area contributed by atoms with Gasteiger partial charge in [0.1, 0.15) is 40.1 Å². The van der Waals surface area contributed by atoms with Crippen LogP contribution in [0.3, 0.4) is 0 Å². The molecular weight excluding hydrogens is 697 g/mol. The second kappa shape index (κ2) is 15.0. The minimum absolute atomic E-state index is 0.0807. The molecule has 15 heteroatoms. The van der Waals surface area contributed by atoms with Gasteiger partial charge in [-0.3, -0.25) is 0 Å². The molecule has 7 heterocycles. The third kappa shape index (κ3) is 7.34. The van der Waals surface area contributed by atoms with E-state index in [0.717, 1.165) is 55.8 Å². The molecule has 8 aromatic rings. The van der Waals surface area contributed by atoms with E-state index in [9.17, 15) is 0 Å². The van der Waals surface area contributed by atoms with E-state index in [1.165, 1.54) is 5.39 Å². The van der Waals surface area contributed by atoms with E-state index in [0.29, 0.717) is 68.1 Å². The zero-order valence-corrected chi connectivity index (χ0v) is 30.5. The number of fused-ring (bicyclic) bond motifs is 4. The van der Waals surface area contributed by atoms with Crippen molar-refractivity contribution in [1.82, 2.24) is 39.9 Å². The molecule has 278 valence electrons. The first-order chi connectivity index (χ1) is 27.1. The van der Waals surface area contributed by atoms with Crippen LogP contribution in [0.1, 0.15) is 16.7 Å². The van der Waals surface area contributed by atoms with Gasteiger partial charge in [0.2, 0.25) is 0 Å². The largest absolute Gasteiger partial charge is 0.465 e. The van der Waals surface area contributed by atoms with E-state index >= 15 is 0 Å². The molecule has 55 heavy (non-hydrogen) atoms. The van der Waals surface area contributed by atoms with Gasteiger partial charge in [-0.05, 0) is 71.5 Å².